The first-order valence-corrected chi connectivity index (χ1v) is 15.6. The zero-order valence-electron chi connectivity index (χ0n) is 26.1. The lowest BCUT2D eigenvalue weighted by molar-refractivity contribution is -0.137. The molecule has 3 amide bonds. The Balaban J connectivity index is 1.40. The lowest BCUT2D eigenvalue weighted by Gasteiger charge is -2.43. The van der Waals surface area contributed by atoms with Crippen LogP contribution in [-0.2, 0) is 15.8 Å². The number of piperidine rings is 1. The number of nitrogens with one attached hydrogen (secondary N) is 3. The van der Waals surface area contributed by atoms with Gasteiger partial charge in [0, 0.05) is 49.4 Å². The third kappa shape index (κ3) is 7.59. The summed E-state index contributed by atoms with van der Waals surface area (Å²) < 4.78 is 41.0. The number of halogens is 3. The molecule has 2 aromatic rings. The Bertz CT molecular complexity index is 1440. The van der Waals surface area contributed by atoms with Crippen LogP contribution in [0.4, 0.5) is 23.8 Å². The number of aromatic nitrogens is 2. The molecule has 5 rings (SSSR count). The lowest BCUT2D eigenvalue weighted by Crippen LogP contribution is -2.59. The van der Waals surface area contributed by atoms with Gasteiger partial charge in [-0.15, -0.1) is 0 Å². The van der Waals surface area contributed by atoms with E-state index in [2.05, 4.69) is 46.7 Å². The summed E-state index contributed by atoms with van der Waals surface area (Å²) in [6.45, 7) is 8.77. The molecule has 2 saturated heterocycles. The van der Waals surface area contributed by atoms with Gasteiger partial charge < -0.3 is 30.9 Å². The number of alkyl halides is 3. The zero-order valence-corrected chi connectivity index (χ0v) is 26.1. The molecular formula is C31H42F3N7O4. The van der Waals surface area contributed by atoms with Crippen LogP contribution >= 0.6 is 0 Å². The van der Waals surface area contributed by atoms with Crippen molar-refractivity contribution in [2.45, 2.75) is 108 Å². The smallest absolute Gasteiger partial charge is 0.416 e. The first-order chi connectivity index (χ1) is 21.1. The monoisotopic (exact) mass is 633 g/mol. The van der Waals surface area contributed by atoms with Crippen LogP contribution in [0.1, 0.15) is 83.5 Å². The number of nitrogens with zero attached hydrogens (tertiary/aromatic N) is 4. The molecule has 3 aliphatic rings. The van der Waals surface area contributed by atoms with E-state index in [9.17, 15) is 32.7 Å². The summed E-state index contributed by atoms with van der Waals surface area (Å²) >= 11 is 0. The van der Waals surface area contributed by atoms with Crippen molar-refractivity contribution in [3.8, 4) is 0 Å². The topological polar surface area (TPSA) is 140 Å². The summed E-state index contributed by atoms with van der Waals surface area (Å²) in [7, 11) is 0. The third-order valence-electron chi connectivity index (χ3n) is 8.96. The van der Waals surface area contributed by atoms with Crippen molar-refractivity contribution in [2.75, 3.05) is 25.0 Å². The van der Waals surface area contributed by atoms with Gasteiger partial charge in [0.25, 0.3) is 0 Å². The number of rotatable bonds is 6. The summed E-state index contributed by atoms with van der Waals surface area (Å²) in [6.07, 6.45) is -2.00. The number of amides is 3. The third-order valence-corrected chi connectivity index (χ3v) is 8.96. The second-order valence-electron chi connectivity index (χ2n) is 13.5. The van der Waals surface area contributed by atoms with Gasteiger partial charge in [-0.1, -0.05) is 0 Å². The van der Waals surface area contributed by atoms with E-state index >= 15 is 0 Å². The predicted octanol–water partition coefficient (Wildman–Crippen LogP) is 4.33. The van der Waals surface area contributed by atoms with Crippen molar-refractivity contribution in [3.63, 3.8) is 0 Å². The van der Waals surface area contributed by atoms with Gasteiger partial charge >= 0.3 is 12.3 Å². The summed E-state index contributed by atoms with van der Waals surface area (Å²) in [6, 6.07) is 2.30. The van der Waals surface area contributed by atoms with Crippen molar-refractivity contribution in [1.29, 1.82) is 0 Å². The number of benzene rings is 1. The molecule has 14 heteroatoms. The van der Waals surface area contributed by atoms with E-state index in [1.807, 2.05) is 0 Å². The molecule has 4 atom stereocenters. The van der Waals surface area contributed by atoms with Crippen LogP contribution in [0.3, 0.4) is 0 Å². The van der Waals surface area contributed by atoms with Crippen LogP contribution in [0.25, 0.3) is 10.9 Å². The minimum Gasteiger partial charge on any atom is -0.465 e. The molecule has 0 radical (unpaired) electrons. The summed E-state index contributed by atoms with van der Waals surface area (Å²) in [5, 5.41) is 19.3. The van der Waals surface area contributed by atoms with E-state index in [0.29, 0.717) is 63.1 Å². The number of hydrogen-bond donors (Lipinski definition) is 4. The minimum absolute atomic E-state index is 0.102. The van der Waals surface area contributed by atoms with Crippen molar-refractivity contribution < 1.29 is 32.7 Å². The van der Waals surface area contributed by atoms with E-state index in [-0.39, 0.29) is 52.6 Å². The molecule has 0 bridgehead atoms. The Labute approximate surface area is 260 Å². The number of likely N-dealkylation sites (tertiary alicyclic amines) is 2. The number of anilines is 1. The largest absolute Gasteiger partial charge is 0.465 e. The Hall–Kier alpha value is -3.68. The number of fused-ring (bicyclic) bond motifs is 1. The van der Waals surface area contributed by atoms with Gasteiger partial charge in [-0.25, -0.2) is 14.8 Å². The van der Waals surface area contributed by atoms with E-state index in [4.69, 9.17) is 0 Å². The first-order valence-electron chi connectivity index (χ1n) is 15.6. The molecular weight excluding hydrogens is 591 g/mol. The molecule has 0 unspecified atom stereocenters. The standard InChI is InChI=1S/C31H42F3N7O4/c1-17(42)35-24-16-20(39-30(2,3)4)6-8-25(24)41-14-11-23(28(41)43)37-27-21-15-19(31(32,33)34)5-7-22(21)36-26(38-27)18-9-12-40(13-10-18)29(44)45/h5,7,15,18,20,23-25,39H,6,8-14,16H2,1-4H3,(H,35,42)(H,44,45)(H,36,37,38)/t20-,23+,24-,25+/m1/s1. The molecule has 1 aromatic heterocycles. The Morgan fingerprint density at radius 1 is 1.00 bits per heavy atom. The quantitative estimate of drug-likeness (QED) is 0.369. The van der Waals surface area contributed by atoms with Gasteiger partial charge in [0.1, 0.15) is 17.7 Å². The highest BCUT2D eigenvalue weighted by Crippen LogP contribution is 2.36. The number of carbonyl (C=O) groups is 3. The Morgan fingerprint density at radius 3 is 2.33 bits per heavy atom. The van der Waals surface area contributed by atoms with E-state index in [0.717, 1.165) is 18.6 Å². The number of carbonyl (C=O) groups excluding carboxylic acids is 2. The van der Waals surface area contributed by atoms with E-state index in [1.165, 1.54) is 17.9 Å². The Kier molecular flexibility index (Phi) is 9.16. The first kappa shape index (κ1) is 32.7. The maximum Gasteiger partial charge on any atom is 0.416 e. The summed E-state index contributed by atoms with van der Waals surface area (Å²) in [5.41, 5.74) is -0.633. The normalized spacial score (nSPS) is 25.1. The van der Waals surface area contributed by atoms with Crippen molar-refractivity contribution >= 4 is 34.6 Å². The average Bonchev–Trinajstić information content (AvgIpc) is 3.30. The molecule has 1 saturated carbocycles. The fourth-order valence-electron chi connectivity index (χ4n) is 6.96. The average molecular weight is 634 g/mol. The van der Waals surface area contributed by atoms with Gasteiger partial charge in [-0.05, 0) is 77.5 Å². The van der Waals surface area contributed by atoms with E-state index < -0.39 is 23.9 Å². The fraction of sp³-hybridized carbons (Fsp3) is 0.645. The highest BCUT2D eigenvalue weighted by Gasteiger charge is 2.43. The maximum atomic E-state index is 13.9. The second kappa shape index (κ2) is 12.6. The highest BCUT2D eigenvalue weighted by atomic mass is 19.4. The van der Waals surface area contributed by atoms with Crippen LogP contribution < -0.4 is 16.0 Å². The molecule has 0 spiro atoms. The molecule has 3 heterocycles. The zero-order chi connectivity index (χ0) is 32.7. The number of hydrogen-bond acceptors (Lipinski definition) is 7. The minimum atomic E-state index is -4.58. The van der Waals surface area contributed by atoms with Gasteiger partial charge in [-0.3, -0.25) is 9.59 Å². The van der Waals surface area contributed by atoms with Gasteiger partial charge in [0.05, 0.1) is 23.2 Å². The molecule has 11 nitrogen and oxygen atoms in total. The van der Waals surface area contributed by atoms with Gasteiger partial charge in [0.2, 0.25) is 11.8 Å². The van der Waals surface area contributed by atoms with Crippen molar-refractivity contribution in [2.24, 2.45) is 0 Å². The Morgan fingerprint density at radius 2 is 1.71 bits per heavy atom. The second-order valence-corrected chi connectivity index (χ2v) is 13.5. The molecule has 45 heavy (non-hydrogen) atoms. The van der Waals surface area contributed by atoms with Crippen LogP contribution in [0.5, 0.6) is 0 Å². The lowest BCUT2D eigenvalue weighted by atomic mass is 9.84. The van der Waals surface area contributed by atoms with Crippen LogP contribution in [0.2, 0.25) is 0 Å². The van der Waals surface area contributed by atoms with Crippen LogP contribution in [-0.4, -0.2) is 92.1 Å². The summed E-state index contributed by atoms with van der Waals surface area (Å²) in [5.74, 6) is 0.0230. The maximum absolute atomic E-state index is 13.9. The number of carboxylic acid groups (broad SMARTS) is 1. The molecule has 3 fully saturated rings. The SMILES string of the molecule is CC(=O)N[C@@H]1C[C@H](NC(C)(C)C)CC[C@@H]1N1CC[C@H](Nc2nc(C3CCN(C(=O)O)CC3)nc3ccc(C(F)(F)F)cc23)C1=O. The molecule has 1 aliphatic carbocycles. The predicted molar refractivity (Wildman–Crippen MR) is 162 cm³/mol. The fourth-order valence-corrected chi connectivity index (χ4v) is 6.96. The van der Waals surface area contributed by atoms with Crippen molar-refractivity contribution in [1.82, 2.24) is 30.4 Å². The van der Waals surface area contributed by atoms with Gasteiger partial charge in [-0.2, -0.15) is 13.2 Å². The highest BCUT2D eigenvalue weighted by molar-refractivity contribution is 5.93. The van der Waals surface area contributed by atoms with Crippen LogP contribution in [0.15, 0.2) is 18.2 Å². The van der Waals surface area contributed by atoms with Crippen LogP contribution in [0, 0.1) is 0 Å². The van der Waals surface area contributed by atoms with Gasteiger partial charge in [0.15, 0.2) is 0 Å². The molecule has 4 N–H and O–H groups in total. The molecule has 246 valence electrons. The molecule has 2 aliphatic heterocycles. The van der Waals surface area contributed by atoms with E-state index in [1.54, 1.807) is 4.90 Å². The summed E-state index contributed by atoms with van der Waals surface area (Å²) in [4.78, 5) is 49.7. The van der Waals surface area contributed by atoms with Crippen molar-refractivity contribution in [3.05, 3.63) is 29.6 Å². The molecule has 1 aromatic carbocycles.